The number of carboxylic acid groups (broad SMARTS) is 1. The number of amides is 1. The summed E-state index contributed by atoms with van der Waals surface area (Å²) in [6, 6.07) is 14.9. The molecule has 0 aliphatic heterocycles. The number of benzene rings is 2. The quantitative estimate of drug-likeness (QED) is 0.772. The lowest BCUT2D eigenvalue weighted by Gasteiger charge is -2.24. The molecule has 26 heavy (non-hydrogen) atoms. The highest BCUT2D eigenvalue weighted by Gasteiger charge is 2.21. The Balaban J connectivity index is 2.18. The zero-order valence-corrected chi connectivity index (χ0v) is 15.0. The van der Waals surface area contributed by atoms with E-state index in [1.165, 1.54) is 12.0 Å². The Morgan fingerprint density at radius 2 is 1.85 bits per heavy atom. The van der Waals surface area contributed by atoms with Crippen molar-refractivity contribution in [3.63, 3.8) is 0 Å². The molecule has 0 heterocycles. The van der Waals surface area contributed by atoms with E-state index in [0.717, 1.165) is 11.1 Å². The number of carboxylic acids is 1. The molecule has 0 aliphatic carbocycles. The number of hydrogen-bond donors (Lipinski definition) is 1. The van der Waals surface area contributed by atoms with E-state index in [2.05, 4.69) is 0 Å². The number of aliphatic carboxylic acids is 1. The Morgan fingerprint density at radius 3 is 2.50 bits per heavy atom. The fourth-order valence-electron chi connectivity index (χ4n) is 2.51. The van der Waals surface area contributed by atoms with Gasteiger partial charge in [0.25, 0.3) is 0 Å². The van der Waals surface area contributed by atoms with Crippen molar-refractivity contribution in [3.8, 4) is 5.75 Å². The number of rotatable bonds is 8. The number of carbonyl (C=O) groups excluding carboxylic acids is 1. The van der Waals surface area contributed by atoms with E-state index in [4.69, 9.17) is 14.6 Å². The minimum Gasteiger partial charge on any atom is -0.495 e. The normalized spacial score (nSPS) is 10.2. The zero-order valence-electron chi connectivity index (χ0n) is 15.0. The second kappa shape index (κ2) is 9.46. The number of aryl methyl sites for hydroxylation is 1. The van der Waals surface area contributed by atoms with Crippen LogP contribution in [0.2, 0.25) is 0 Å². The molecule has 6 nitrogen and oxygen atoms in total. The van der Waals surface area contributed by atoms with Crippen molar-refractivity contribution in [2.45, 2.75) is 26.4 Å². The van der Waals surface area contributed by atoms with Crippen LogP contribution in [0.25, 0.3) is 0 Å². The van der Waals surface area contributed by atoms with Gasteiger partial charge in [0, 0.05) is 13.0 Å². The summed E-state index contributed by atoms with van der Waals surface area (Å²) in [4.78, 5) is 24.9. The molecule has 0 radical (unpaired) electrons. The predicted octanol–water partition coefficient (Wildman–Crippen LogP) is 4.01. The summed E-state index contributed by atoms with van der Waals surface area (Å²) in [6.07, 6.45) is -0.258. The SMILES string of the molecule is COc1ccc(C)cc1N(CCCC(=O)O)C(=O)OCc1ccccc1. The lowest BCUT2D eigenvalue weighted by atomic mass is 10.2. The van der Waals surface area contributed by atoms with Crippen LogP contribution in [0.3, 0.4) is 0 Å². The van der Waals surface area contributed by atoms with Crippen molar-refractivity contribution in [1.82, 2.24) is 0 Å². The van der Waals surface area contributed by atoms with Crippen LogP contribution in [0.5, 0.6) is 5.75 Å². The highest BCUT2D eigenvalue weighted by atomic mass is 16.6. The molecule has 1 N–H and O–H groups in total. The molecular formula is C20H23NO5. The molecule has 6 heteroatoms. The summed E-state index contributed by atoms with van der Waals surface area (Å²) in [7, 11) is 1.53. The van der Waals surface area contributed by atoms with Gasteiger partial charge in [-0.05, 0) is 36.6 Å². The largest absolute Gasteiger partial charge is 0.495 e. The van der Waals surface area contributed by atoms with E-state index in [0.29, 0.717) is 17.9 Å². The van der Waals surface area contributed by atoms with E-state index in [-0.39, 0.29) is 19.6 Å². The maximum absolute atomic E-state index is 12.7. The van der Waals surface area contributed by atoms with Crippen LogP contribution in [-0.2, 0) is 16.1 Å². The molecule has 2 rings (SSSR count). The maximum Gasteiger partial charge on any atom is 0.414 e. The topological polar surface area (TPSA) is 76.1 Å². The fourth-order valence-corrected chi connectivity index (χ4v) is 2.51. The van der Waals surface area contributed by atoms with Gasteiger partial charge in [-0.25, -0.2) is 4.79 Å². The third-order valence-electron chi connectivity index (χ3n) is 3.82. The highest BCUT2D eigenvalue weighted by molar-refractivity contribution is 5.90. The molecule has 0 saturated heterocycles. The first kappa shape index (κ1) is 19.3. The second-order valence-corrected chi connectivity index (χ2v) is 5.86. The van der Waals surface area contributed by atoms with Crippen molar-refractivity contribution in [3.05, 3.63) is 59.7 Å². The van der Waals surface area contributed by atoms with Gasteiger partial charge < -0.3 is 14.6 Å². The molecule has 138 valence electrons. The molecule has 0 bridgehead atoms. The van der Waals surface area contributed by atoms with Crippen LogP contribution in [0.15, 0.2) is 48.5 Å². The molecule has 0 aliphatic rings. The molecule has 0 spiro atoms. The van der Waals surface area contributed by atoms with Gasteiger partial charge in [0.1, 0.15) is 12.4 Å². The summed E-state index contributed by atoms with van der Waals surface area (Å²) >= 11 is 0. The lowest BCUT2D eigenvalue weighted by Crippen LogP contribution is -2.33. The van der Waals surface area contributed by atoms with Gasteiger partial charge in [-0.3, -0.25) is 9.69 Å². The van der Waals surface area contributed by atoms with Crippen LogP contribution >= 0.6 is 0 Å². The smallest absolute Gasteiger partial charge is 0.414 e. The molecule has 0 saturated carbocycles. The summed E-state index contributed by atoms with van der Waals surface area (Å²) in [5, 5.41) is 8.87. The molecule has 1 amide bonds. The average Bonchev–Trinajstić information content (AvgIpc) is 2.64. The molecule has 2 aromatic carbocycles. The van der Waals surface area contributed by atoms with E-state index in [9.17, 15) is 9.59 Å². The Bertz CT molecular complexity index is 745. The highest BCUT2D eigenvalue weighted by Crippen LogP contribution is 2.30. The van der Waals surface area contributed by atoms with E-state index >= 15 is 0 Å². The molecular weight excluding hydrogens is 334 g/mol. The van der Waals surface area contributed by atoms with E-state index < -0.39 is 12.1 Å². The molecule has 0 aromatic heterocycles. The van der Waals surface area contributed by atoms with Crippen LogP contribution in [0, 0.1) is 6.92 Å². The Labute approximate surface area is 153 Å². The number of methoxy groups -OCH3 is 1. The first-order valence-electron chi connectivity index (χ1n) is 8.36. The summed E-state index contributed by atoms with van der Waals surface area (Å²) in [6.45, 7) is 2.27. The first-order chi connectivity index (χ1) is 12.5. The van der Waals surface area contributed by atoms with Crippen molar-refractivity contribution in [2.24, 2.45) is 0 Å². The van der Waals surface area contributed by atoms with E-state index in [1.54, 1.807) is 6.07 Å². The third kappa shape index (κ3) is 5.51. The molecule has 0 fully saturated rings. The van der Waals surface area contributed by atoms with Crippen molar-refractivity contribution < 1.29 is 24.2 Å². The Kier molecular flexibility index (Phi) is 7.02. The second-order valence-electron chi connectivity index (χ2n) is 5.86. The minimum atomic E-state index is -0.904. The first-order valence-corrected chi connectivity index (χ1v) is 8.36. The number of carbonyl (C=O) groups is 2. The monoisotopic (exact) mass is 357 g/mol. The summed E-state index contributed by atoms with van der Waals surface area (Å²) < 4.78 is 10.8. The van der Waals surface area contributed by atoms with E-state index in [1.807, 2.05) is 49.4 Å². The van der Waals surface area contributed by atoms with Crippen LogP contribution in [0.1, 0.15) is 24.0 Å². The zero-order chi connectivity index (χ0) is 18.9. The predicted molar refractivity (Wildman–Crippen MR) is 98.6 cm³/mol. The number of nitrogens with zero attached hydrogens (tertiary/aromatic N) is 1. The third-order valence-corrected chi connectivity index (χ3v) is 3.82. The lowest BCUT2D eigenvalue weighted by molar-refractivity contribution is -0.137. The van der Waals surface area contributed by atoms with Crippen molar-refractivity contribution >= 4 is 17.7 Å². The Morgan fingerprint density at radius 1 is 1.12 bits per heavy atom. The molecule has 0 unspecified atom stereocenters. The van der Waals surface area contributed by atoms with Crippen LogP contribution in [-0.4, -0.2) is 30.8 Å². The summed E-state index contributed by atoms with van der Waals surface area (Å²) in [5.41, 5.74) is 2.40. The maximum atomic E-state index is 12.7. The molecule has 0 atom stereocenters. The number of hydrogen-bond acceptors (Lipinski definition) is 4. The minimum absolute atomic E-state index is 0.0312. The van der Waals surface area contributed by atoms with Crippen LogP contribution < -0.4 is 9.64 Å². The van der Waals surface area contributed by atoms with Gasteiger partial charge in [-0.15, -0.1) is 0 Å². The van der Waals surface area contributed by atoms with Gasteiger partial charge in [0.15, 0.2) is 0 Å². The molecule has 2 aromatic rings. The summed E-state index contributed by atoms with van der Waals surface area (Å²) in [5.74, 6) is -0.374. The number of anilines is 1. The number of ether oxygens (including phenoxy) is 2. The Hall–Kier alpha value is -3.02. The van der Waals surface area contributed by atoms with Gasteiger partial charge in [0.2, 0.25) is 0 Å². The van der Waals surface area contributed by atoms with Crippen molar-refractivity contribution in [2.75, 3.05) is 18.6 Å². The van der Waals surface area contributed by atoms with Crippen LogP contribution in [0.4, 0.5) is 10.5 Å². The van der Waals surface area contributed by atoms with Gasteiger partial charge in [-0.1, -0.05) is 36.4 Å². The van der Waals surface area contributed by atoms with Gasteiger partial charge in [-0.2, -0.15) is 0 Å². The van der Waals surface area contributed by atoms with Crippen molar-refractivity contribution in [1.29, 1.82) is 0 Å². The fraction of sp³-hybridized carbons (Fsp3) is 0.300. The van der Waals surface area contributed by atoms with Gasteiger partial charge >= 0.3 is 12.1 Å². The van der Waals surface area contributed by atoms with Gasteiger partial charge in [0.05, 0.1) is 12.8 Å². The standard InChI is InChI=1S/C20H23NO5/c1-15-10-11-18(25-2)17(13-15)21(12-6-9-19(22)23)20(24)26-14-16-7-4-3-5-8-16/h3-5,7-8,10-11,13H,6,9,12,14H2,1-2H3,(H,22,23). The average molecular weight is 357 g/mol.